The van der Waals surface area contributed by atoms with Crippen LogP contribution < -0.4 is 10.6 Å². The summed E-state index contributed by atoms with van der Waals surface area (Å²) in [6.45, 7) is 0.353. The summed E-state index contributed by atoms with van der Waals surface area (Å²) in [6, 6.07) is 3.39. The predicted octanol–water partition coefficient (Wildman–Crippen LogP) is 3.20. The van der Waals surface area contributed by atoms with E-state index in [0.717, 1.165) is 50.1 Å². The molecule has 0 unspecified atom stereocenters. The minimum Gasteiger partial charge on any atom is -0.467 e. The van der Waals surface area contributed by atoms with Gasteiger partial charge in [-0.25, -0.2) is 4.79 Å². The summed E-state index contributed by atoms with van der Waals surface area (Å²) in [6.07, 6.45) is 8.75. The Bertz CT molecular complexity index is 685. The monoisotopic (exact) mass is 330 g/mol. The van der Waals surface area contributed by atoms with Gasteiger partial charge in [-0.15, -0.1) is 0 Å². The average molecular weight is 330 g/mol. The molecule has 0 radical (unpaired) electrons. The highest BCUT2D eigenvalue weighted by Gasteiger charge is 2.42. The lowest BCUT2D eigenvalue weighted by atomic mass is 9.81. The maximum Gasteiger partial charge on any atom is 0.316 e. The first kappa shape index (κ1) is 15.2. The fourth-order valence-electron chi connectivity index (χ4n) is 3.33. The highest BCUT2D eigenvalue weighted by Crippen LogP contribution is 2.41. The van der Waals surface area contributed by atoms with Gasteiger partial charge in [-0.05, 0) is 37.8 Å². The highest BCUT2D eigenvalue weighted by atomic mass is 16.5. The minimum atomic E-state index is -0.550. The molecule has 2 aliphatic rings. The average Bonchev–Trinajstić information content (AvgIpc) is 3.12. The Morgan fingerprint density at radius 1 is 1.29 bits per heavy atom. The van der Waals surface area contributed by atoms with Crippen molar-refractivity contribution in [2.45, 2.75) is 62.9 Å². The van der Waals surface area contributed by atoms with Gasteiger partial charge in [0, 0.05) is 5.92 Å². The maximum atomic E-state index is 12.4. The van der Waals surface area contributed by atoms with E-state index in [2.05, 4.69) is 20.8 Å². The largest absolute Gasteiger partial charge is 0.467 e. The van der Waals surface area contributed by atoms with E-state index in [1.807, 2.05) is 6.07 Å². The van der Waals surface area contributed by atoms with E-state index in [0.29, 0.717) is 18.4 Å². The minimum absolute atomic E-state index is 0.237. The molecule has 4 rings (SSSR count). The second-order valence-electron chi connectivity index (χ2n) is 6.76. The van der Waals surface area contributed by atoms with Gasteiger partial charge < -0.3 is 19.6 Å². The molecule has 0 aromatic carbocycles. The zero-order valence-electron chi connectivity index (χ0n) is 13.6. The van der Waals surface area contributed by atoms with E-state index in [4.69, 9.17) is 8.94 Å². The van der Waals surface area contributed by atoms with Gasteiger partial charge >= 0.3 is 6.03 Å². The van der Waals surface area contributed by atoms with Crippen LogP contribution in [0, 0.1) is 0 Å². The first-order valence-electron chi connectivity index (χ1n) is 8.68. The predicted molar refractivity (Wildman–Crippen MR) is 85.1 cm³/mol. The standard InChI is InChI=1S/C17H22N4O3/c22-16(18-11-13-5-4-10-23-13)20-17(8-2-1-3-9-17)15-19-14(21-24-15)12-6-7-12/h4-5,10,12H,1-3,6-9,11H2,(H2,18,20,22). The molecule has 128 valence electrons. The quantitative estimate of drug-likeness (QED) is 0.878. The van der Waals surface area contributed by atoms with E-state index in [1.54, 1.807) is 12.3 Å². The molecular weight excluding hydrogens is 308 g/mol. The van der Waals surface area contributed by atoms with Gasteiger partial charge in [-0.1, -0.05) is 24.4 Å². The number of hydrogen-bond donors (Lipinski definition) is 2. The van der Waals surface area contributed by atoms with Gasteiger partial charge in [-0.2, -0.15) is 4.98 Å². The summed E-state index contributed by atoms with van der Waals surface area (Å²) in [5, 5.41) is 10.1. The molecule has 2 saturated carbocycles. The molecule has 2 heterocycles. The van der Waals surface area contributed by atoms with Crippen molar-refractivity contribution in [2.75, 3.05) is 0 Å². The summed E-state index contributed by atoms with van der Waals surface area (Å²) in [5.74, 6) is 2.50. The van der Waals surface area contributed by atoms with Crippen molar-refractivity contribution >= 4 is 6.03 Å². The first-order valence-corrected chi connectivity index (χ1v) is 8.68. The third kappa shape index (κ3) is 3.16. The van der Waals surface area contributed by atoms with Crippen LogP contribution in [0.1, 0.15) is 68.3 Å². The summed E-state index contributed by atoms with van der Waals surface area (Å²) in [7, 11) is 0. The van der Waals surface area contributed by atoms with Crippen LogP contribution in [0.15, 0.2) is 27.3 Å². The van der Waals surface area contributed by atoms with E-state index >= 15 is 0 Å². The zero-order valence-corrected chi connectivity index (χ0v) is 13.6. The third-order valence-corrected chi connectivity index (χ3v) is 4.86. The fourth-order valence-corrected chi connectivity index (χ4v) is 3.33. The van der Waals surface area contributed by atoms with Crippen LogP contribution >= 0.6 is 0 Å². The van der Waals surface area contributed by atoms with Crippen molar-refractivity contribution in [1.29, 1.82) is 0 Å². The van der Waals surface area contributed by atoms with Gasteiger partial charge in [0.25, 0.3) is 5.89 Å². The normalized spacial score (nSPS) is 19.8. The molecule has 2 fully saturated rings. The van der Waals surface area contributed by atoms with Gasteiger partial charge in [0.1, 0.15) is 11.3 Å². The lowest BCUT2D eigenvalue weighted by Gasteiger charge is -2.34. The van der Waals surface area contributed by atoms with E-state index in [1.165, 1.54) is 6.42 Å². The van der Waals surface area contributed by atoms with Crippen LogP contribution in [0.4, 0.5) is 4.79 Å². The fraction of sp³-hybridized carbons (Fsp3) is 0.588. The first-order chi connectivity index (χ1) is 11.8. The van der Waals surface area contributed by atoms with Gasteiger partial charge in [-0.3, -0.25) is 0 Å². The molecule has 2 aliphatic carbocycles. The van der Waals surface area contributed by atoms with Crippen molar-refractivity contribution in [3.8, 4) is 0 Å². The molecule has 0 aliphatic heterocycles. The SMILES string of the molecule is O=C(NCc1ccco1)NC1(c2nc(C3CC3)no2)CCCCC1. The molecular formula is C17H22N4O3. The Hall–Kier alpha value is -2.31. The lowest BCUT2D eigenvalue weighted by Crippen LogP contribution is -2.51. The highest BCUT2D eigenvalue weighted by molar-refractivity contribution is 5.74. The maximum absolute atomic E-state index is 12.4. The number of urea groups is 1. The van der Waals surface area contributed by atoms with E-state index < -0.39 is 5.54 Å². The van der Waals surface area contributed by atoms with Crippen LogP contribution in [-0.2, 0) is 12.1 Å². The summed E-state index contributed by atoms with van der Waals surface area (Å²) < 4.78 is 10.8. The molecule has 2 N–H and O–H groups in total. The van der Waals surface area contributed by atoms with Crippen molar-refractivity contribution < 1.29 is 13.7 Å². The summed E-state index contributed by atoms with van der Waals surface area (Å²) in [4.78, 5) is 17.0. The molecule has 0 saturated heterocycles. The van der Waals surface area contributed by atoms with Gasteiger partial charge in [0.05, 0.1) is 12.8 Å². The van der Waals surface area contributed by atoms with Crippen molar-refractivity contribution in [1.82, 2.24) is 20.8 Å². The van der Waals surface area contributed by atoms with Crippen LogP contribution in [0.5, 0.6) is 0 Å². The Balaban J connectivity index is 1.46. The Morgan fingerprint density at radius 3 is 2.83 bits per heavy atom. The third-order valence-electron chi connectivity index (χ3n) is 4.86. The van der Waals surface area contributed by atoms with Crippen LogP contribution in [0.2, 0.25) is 0 Å². The molecule has 0 atom stereocenters. The molecule has 2 aromatic heterocycles. The molecule has 0 spiro atoms. The smallest absolute Gasteiger partial charge is 0.316 e. The number of amides is 2. The van der Waals surface area contributed by atoms with Gasteiger partial charge in [0.2, 0.25) is 0 Å². The molecule has 24 heavy (non-hydrogen) atoms. The van der Waals surface area contributed by atoms with Crippen molar-refractivity contribution in [2.24, 2.45) is 0 Å². The second kappa shape index (κ2) is 6.30. The number of carbonyl (C=O) groups excluding carboxylic acids is 1. The van der Waals surface area contributed by atoms with Crippen molar-refractivity contribution in [3.05, 3.63) is 35.9 Å². The molecule has 7 heteroatoms. The number of hydrogen-bond acceptors (Lipinski definition) is 5. The van der Waals surface area contributed by atoms with Crippen LogP contribution in [-0.4, -0.2) is 16.2 Å². The summed E-state index contributed by atoms with van der Waals surface area (Å²) in [5.41, 5.74) is -0.550. The number of nitrogens with zero attached hydrogens (tertiary/aromatic N) is 2. The Labute approximate surface area is 140 Å². The lowest BCUT2D eigenvalue weighted by molar-refractivity contribution is 0.167. The molecule has 2 amide bonds. The topological polar surface area (TPSA) is 93.2 Å². The Kier molecular flexibility index (Phi) is 4.00. The van der Waals surface area contributed by atoms with E-state index in [9.17, 15) is 4.79 Å². The molecule has 7 nitrogen and oxygen atoms in total. The Morgan fingerprint density at radius 2 is 2.12 bits per heavy atom. The number of aromatic nitrogens is 2. The van der Waals surface area contributed by atoms with Gasteiger partial charge in [0.15, 0.2) is 5.82 Å². The molecule has 0 bridgehead atoms. The second-order valence-corrected chi connectivity index (χ2v) is 6.76. The number of carbonyl (C=O) groups is 1. The number of rotatable bonds is 5. The van der Waals surface area contributed by atoms with Crippen LogP contribution in [0.25, 0.3) is 0 Å². The van der Waals surface area contributed by atoms with Crippen molar-refractivity contribution in [3.63, 3.8) is 0 Å². The van der Waals surface area contributed by atoms with Crippen LogP contribution in [0.3, 0.4) is 0 Å². The number of nitrogens with one attached hydrogen (secondary N) is 2. The zero-order chi connectivity index (χ0) is 16.4. The molecule has 2 aromatic rings. The van der Waals surface area contributed by atoms with E-state index in [-0.39, 0.29) is 6.03 Å². The number of furan rings is 1. The summed E-state index contributed by atoms with van der Waals surface area (Å²) >= 11 is 0.